The van der Waals surface area contributed by atoms with Crippen LogP contribution in [0.4, 0.5) is 0 Å². The van der Waals surface area contributed by atoms with Crippen molar-refractivity contribution in [3.8, 4) is 0 Å². The second-order valence-corrected chi connectivity index (χ2v) is 4.34. The Hall–Kier alpha value is -1.16. The van der Waals surface area contributed by atoms with Crippen LogP contribution in [0.15, 0.2) is 6.07 Å². The largest absolute Gasteiger partial charge is 0.328 e. The van der Waals surface area contributed by atoms with Crippen molar-refractivity contribution in [1.82, 2.24) is 9.78 Å². The van der Waals surface area contributed by atoms with E-state index in [0.717, 1.165) is 24.2 Å². The van der Waals surface area contributed by atoms with Crippen LogP contribution in [0.3, 0.4) is 0 Å². The van der Waals surface area contributed by atoms with Crippen molar-refractivity contribution >= 4 is 5.78 Å². The highest BCUT2D eigenvalue weighted by Crippen LogP contribution is 2.07. The zero-order valence-electron chi connectivity index (χ0n) is 10.4. The molecule has 1 aromatic heterocycles. The first-order valence-electron chi connectivity index (χ1n) is 5.82. The Morgan fingerprint density at radius 2 is 2.31 bits per heavy atom. The normalized spacial score (nSPS) is 12.8. The molecule has 16 heavy (non-hydrogen) atoms. The van der Waals surface area contributed by atoms with Crippen LogP contribution >= 0.6 is 0 Å². The van der Waals surface area contributed by atoms with Crippen LogP contribution in [0.25, 0.3) is 0 Å². The standard InChI is InChI=1S/C12H21N3O/c1-4-10-7-11(15(3)14-10)8-12(16)6-5-9(2)13/h7,9H,4-6,8,13H2,1-3H3. The maximum Gasteiger partial charge on any atom is 0.138 e. The molecule has 1 atom stereocenters. The molecular formula is C12H21N3O. The molecule has 1 unspecified atom stereocenters. The fraction of sp³-hybridized carbons (Fsp3) is 0.667. The number of rotatable bonds is 6. The van der Waals surface area contributed by atoms with Crippen molar-refractivity contribution in [3.63, 3.8) is 0 Å². The Labute approximate surface area is 96.8 Å². The minimum atomic E-state index is 0.0988. The molecule has 0 aromatic carbocycles. The van der Waals surface area contributed by atoms with Crippen molar-refractivity contribution in [2.24, 2.45) is 12.8 Å². The Kier molecular flexibility index (Phi) is 4.68. The van der Waals surface area contributed by atoms with Gasteiger partial charge in [0, 0.05) is 31.6 Å². The van der Waals surface area contributed by atoms with Crippen LogP contribution in [-0.4, -0.2) is 21.6 Å². The molecule has 2 N–H and O–H groups in total. The Balaban J connectivity index is 2.52. The SMILES string of the molecule is CCc1cc(CC(=O)CCC(C)N)n(C)n1. The molecule has 0 radical (unpaired) electrons. The minimum Gasteiger partial charge on any atom is -0.328 e. The summed E-state index contributed by atoms with van der Waals surface area (Å²) >= 11 is 0. The van der Waals surface area contributed by atoms with Crippen molar-refractivity contribution in [2.75, 3.05) is 0 Å². The number of carbonyl (C=O) groups is 1. The average molecular weight is 223 g/mol. The second-order valence-electron chi connectivity index (χ2n) is 4.34. The number of ketones is 1. The van der Waals surface area contributed by atoms with Gasteiger partial charge in [-0.15, -0.1) is 0 Å². The molecule has 1 heterocycles. The topological polar surface area (TPSA) is 60.9 Å². The third-order valence-corrected chi connectivity index (χ3v) is 2.65. The van der Waals surface area contributed by atoms with Crippen LogP contribution in [0.1, 0.15) is 38.1 Å². The van der Waals surface area contributed by atoms with Gasteiger partial charge in [0.05, 0.1) is 5.69 Å². The highest BCUT2D eigenvalue weighted by Gasteiger charge is 2.09. The number of aryl methyl sites for hydroxylation is 2. The molecular weight excluding hydrogens is 202 g/mol. The molecule has 4 nitrogen and oxygen atoms in total. The molecule has 1 aromatic rings. The predicted octanol–water partition coefficient (Wildman–Crippen LogP) is 1.22. The summed E-state index contributed by atoms with van der Waals surface area (Å²) in [6, 6.07) is 2.10. The van der Waals surface area contributed by atoms with E-state index in [1.807, 2.05) is 20.0 Å². The average Bonchev–Trinajstić information content (AvgIpc) is 2.57. The fourth-order valence-corrected chi connectivity index (χ4v) is 1.59. The first-order chi connectivity index (χ1) is 7.52. The summed E-state index contributed by atoms with van der Waals surface area (Å²) in [5.41, 5.74) is 7.65. The third-order valence-electron chi connectivity index (χ3n) is 2.65. The number of nitrogens with zero attached hydrogens (tertiary/aromatic N) is 2. The Morgan fingerprint density at radius 3 is 2.81 bits per heavy atom. The Morgan fingerprint density at radius 1 is 1.62 bits per heavy atom. The van der Waals surface area contributed by atoms with E-state index in [4.69, 9.17) is 5.73 Å². The van der Waals surface area contributed by atoms with Gasteiger partial charge >= 0.3 is 0 Å². The highest BCUT2D eigenvalue weighted by atomic mass is 16.1. The molecule has 1 rings (SSSR count). The van der Waals surface area contributed by atoms with Gasteiger partial charge in [0.1, 0.15) is 5.78 Å². The van der Waals surface area contributed by atoms with Gasteiger partial charge in [-0.25, -0.2) is 0 Å². The van der Waals surface area contributed by atoms with E-state index < -0.39 is 0 Å². The summed E-state index contributed by atoms with van der Waals surface area (Å²) < 4.78 is 1.79. The smallest absolute Gasteiger partial charge is 0.138 e. The molecule has 90 valence electrons. The van der Waals surface area contributed by atoms with Crippen molar-refractivity contribution < 1.29 is 4.79 Å². The minimum absolute atomic E-state index is 0.0988. The van der Waals surface area contributed by atoms with Crippen molar-refractivity contribution in [3.05, 3.63) is 17.5 Å². The van der Waals surface area contributed by atoms with Crippen LogP contribution in [0.2, 0.25) is 0 Å². The van der Waals surface area contributed by atoms with Crippen LogP contribution in [0, 0.1) is 0 Å². The van der Waals surface area contributed by atoms with E-state index in [0.29, 0.717) is 12.8 Å². The van der Waals surface area contributed by atoms with Crippen LogP contribution < -0.4 is 5.73 Å². The van der Waals surface area contributed by atoms with E-state index in [9.17, 15) is 4.79 Å². The molecule has 0 fully saturated rings. The summed E-state index contributed by atoms with van der Waals surface area (Å²) in [7, 11) is 1.88. The fourth-order valence-electron chi connectivity index (χ4n) is 1.59. The first-order valence-corrected chi connectivity index (χ1v) is 5.82. The number of carbonyl (C=O) groups excluding carboxylic acids is 1. The van der Waals surface area contributed by atoms with Gasteiger partial charge in [-0.3, -0.25) is 9.48 Å². The number of hydrogen-bond acceptors (Lipinski definition) is 3. The molecule has 0 aliphatic heterocycles. The molecule has 0 saturated heterocycles. The van der Waals surface area contributed by atoms with Crippen LogP contribution in [0.5, 0.6) is 0 Å². The number of aromatic nitrogens is 2. The molecule has 4 heteroatoms. The molecule has 0 aliphatic carbocycles. The highest BCUT2D eigenvalue weighted by molar-refractivity contribution is 5.80. The second kappa shape index (κ2) is 5.80. The summed E-state index contributed by atoms with van der Waals surface area (Å²) in [5, 5.41) is 4.32. The van der Waals surface area contributed by atoms with Crippen LogP contribution in [-0.2, 0) is 24.7 Å². The summed E-state index contributed by atoms with van der Waals surface area (Å²) in [6.45, 7) is 3.98. The molecule has 0 saturated carbocycles. The van der Waals surface area contributed by atoms with Gasteiger partial charge in [0.2, 0.25) is 0 Å². The molecule has 0 amide bonds. The third kappa shape index (κ3) is 3.77. The number of Topliss-reactive ketones (excluding diaryl/α,β-unsaturated/α-hetero) is 1. The number of hydrogen-bond donors (Lipinski definition) is 1. The van der Waals surface area contributed by atoms with Crippen molar-refractivity contribution in [2.45, 2.75) is 45.6 Å². The quantitative estimate of drug-likeness (QED) is 0.788. The van der Waals surface area contributed by atoms with E-state index in [1.165, 1.54) is 0 Å². The van der Waals surface area contributed by atoms with Gasteiger partial charge in [-0.2, -0.15) is 5.10 Å². The lowest BCUT2D eigenvalue weighted by Crippen LogP contribution is -2.17. The van der Waals surface area contributed by atoms with Crippen molar-refractivity contribution in [1.29, 1.82) is 0 Å². The van der Waals surface area contributed by atoms with Gasteiger partial charge in [-0.1, -0.05) is 6.92 Å². The van der Waals surface area contributed by atoms with Gasteiger partial charge in [0.25, 0.3) is 0 Å². The maximum atomic E-state index is 11.7. The number of nitrogens with two attached hydrogens (primary N) is 1. The lowest BCUT2D eigenvalue weighted by molar-refractivity contribution is -0.118. The van der Waals surface area contributed by atoms with Gasteiger partial charge in [-0.05, 0) is 25.8 Å². The van der Waals surface area contributed by atoms with Gasteiger partial charge in [0.15, 0.2) is 0 Å². The summed E-state index contributed by atoms with van der Waals surface area (Å²) in [6.07, 6.45) is 2.69. The maximum absolute atomic E-state index is 11.7. The summed E-state index contributed by atoms with van der Waals surface area (Å²) in [4.78, 5) is 11.7. The Bertz CT molecular complexity index is 355. The first kappa shape index (κ1) is 12.9. The van der Waals surface area contributed by atoms with E-state index in [-0.39, 0.29) is 11.8 Å². The zero-order valence-corrected chi connectivity index (χ0v) is 10.4. The predicted molar refractivity (Wildman–Crippen MR) is 64.2 cm³/mol. The molecule has 0 aliphatic rings. The van der Waals surface area contributed by atoms with E-state index in [1.54, 1.807) is 4.68 Å². The summed E-state index contributed by atoms with van der Waals surface area (Å²) in [5.74, 6) is 0.239. The lowest BCUT2D eigenvalue weighted by atomic mass is 10.1. The lowest BCUT2D eigenvalue weighted by Gasteiger charge is -2.04. The van der Waals surface area contributed by atoms with E-state index in [2.05, 4.69) is 12.0 Å². The monoisotopic (exact) mass is 223 g/mol. The van der Waals surface area contributed by atoms with Gasteiger partial charge < -0.3 is 5.73 Å². The zero-order chi connectivity index (χ0) is 12.1. The van der Waals surface area contributed by atoms with E-state index >= 15 is 0 Å². The molecule has 0 bridgehead atoms. The molecule has 0 spiro atoms.